The number of anilines is 1. The summed E-state index contributed by atoms with van der Waals surface area (Å²) < 4.78 is 5.37. The molecule has 0 fully saturated rings. The molecule has 0 aliphatic heterocycles. The second-order valence-electron chi connectivity index (χ2n) is 6.41. The van der Waals surface area contributed by atoms with Gasteiger partial charge in [0.2, 0.25) is 11.8 Å². The molecule has 7 nitrogen and oxygen atoms in total. The van der Waals surface area contributed by atoms with Gasteiger partial charge in [-0.15, -0.1) is 0 Å². The van der Waals surface area contributed by atoms with Gasteiger partial charge in [-0.2, -0.15) is 0 Å². The Morgan fingerprint density at radius 2 is 1.75 bits per heavy atom. The van der Waals surface area contributed by atoms with Gasteiger partial charge in [-0.3, -0.25) is 14.4 Å². The van der Waals surface area contributed by atoms with E-state index in [2.05, 4.69) is 16.0 Å². The maximum absolute atomic E-state index is 12.5. The zero-order valence-corrected chi connectivity index (χ0v) is 16.2. The van der Waals surface area contributed by atoms with Crippen molar-refractivity contribution in [3.05, 3.63) is 59.7 Å². The summed E-state index contributed by atoms with van der Waals surface area (Å²) in [5, 5.41) is 8.08. The van der Waals surface area contributed by atoms with Crippen LogP contribution in [0.1, 0.15) is 30.5 Å². The number of carbonyl (C=O) groups excluding carboxylic acids is 3. The van der Waals surface area contributed by atoms with E-state index in [4.69, 9.17) is 4.74 Å². The first-order valence-corrected chi connectivity index (χ1v) is 8.94. The molecular formula is C21H25N3O4. The Labute approximate surface area is 164 Å². The molecule has 0 aliphatic rings. The molecule has 0 spiro atoms. The van der Waals surface area contributed by atoms with E-state index in [1.807, 2.05) is 31.2 Å². The highest BCUT2D eigenvalue weighted by molar-refractivity contribution is 5.91. The van der Waals surface area contributed by atoms with Crippen molar-refractivity contribution in [1.82, 2.24) is 10.6 Å². The minimum Gasteiger partial charge on any atom is -0.484 e. The minimum absolute atomic E-state index is 0.0893. The summed E-state index contributed by atoms with van der Waals surface area (Å²) in [6.45, 7) is 3.29. The van der Waals surface area contributed by atoms with Gasteiger partial charge < -0.3 is 20.7 Å². The van der Waals surface area contributed by atoms with E-state index in [0.29, 0.717) is 11.4 Å². The topological polar surface area (TPSA) is 96.5 Å². The van der Waals surface area contributed by atoms with Crippen LogP contribution in [0.5, 0.6) is 5.75 Å². The number of aryl methyl sites for hydroxylation is 1. The summed E-state index contributed by atoms with van der Waals surface area (Å²) in [5.74, 6) is -0.227. The summed E-state index contributed by atoms with van der Waals surface area (Å²) in [5.41, 5.74) is 2.51. The predicted octanol–water partition coefficient (Wildman–Crippen LogP) is 2.33. The van der Waals surface area contributed by atoms with E-state index in [-0.39, 0.29) is 30.7 Å². The van der Waals surface area contributed by atoms with Crippen LogP contribution >= 0.6 is 0 Å². The zero-order valence-electron chi connectivity index (χ0n) is 16.2. The second kappa shape index (κ2) is 10.1. The molecule has 7 heteroatoms. The lowest BCUT2D eigenvalue weighted by Crippen LogP contribution is -2.29. The highest BCUT2D eigenvalue weighted by Crippen LogP contribution is 2.21. The average Bonchev–Trinajstić information content (AvgIpc) is 2.66. The van der Waals surface area contributed by atoms with Crippen LogP contribution in [-0.4, -0.2) is 31.4 Å². The zero-order chi connectivity index (χ0) is 20.5. The van der Waals surface area contributed by atoms with Crippen molar-refractivity contribution in [3.8, 4) is 5.75 Å². The summed E-state index contributed by atoms with van der Waals surface area (Å²) in [6.07, 6.45) is 0.0893. The van der Waals surface area contributed by atoms with Crippen LogP contribution in [0.4, 0.5) is 5.69 Å². The van der Waals surface area contributed by atoms with Crippen LogP contribution in [0.15, 0.2) is 48.5 Å². The van der Waals surface area contributed by atoms with Gasteiger partial charge >= 0.3 is 0 Å². The number of rotatable bonds is 8. The molecule has 0 heterocycles. The Bertz CT molecular complexity index is 834. The first kappa shape index (κ1) is 21.0. The molecule has 2 aromatic carbocycles. The van der Waals surface area contributed by atoms with Gasteiger partial charge in [-0.05, 0) is 24.6 Å². The number of benzene rings is 2. The normalized spacial score (nSPS) is 11.2. The molecule has 0 saturated heterocycles. The molecule has 3 amide bonds. The smallest absolute Gasteiger partial charge is 0.257 e. The van der Waals surface area contributed by atoms with Gasteiger partial charge in [0.05, 0.1) is 12.5 Å². The van der Waals surface area contributed by atoms with Crippen molar-refractivity contribution >= 4 is 23.4 Å². The van der Waals surface area contributed by atoms with E-state index in [9.17, 15) is 14.4 Å². The quantitative estimate of drug-likeness (QED) is 0.652. The number of hydrogen-bond donors (Lipinski definition) is 3. The third-order valence-electron chi connectivity index (χ3n) is 4.01. The third kappa shape index (κ3) is 6.75. The Morgan fingerprint density at radius 1 is 1.04 bits per heavy atom. The number of hydrogen-bond acceptors (Lipinski definition) is 4. The highest BCUT2D eigenvalue weighted by atomic mass is 16.5. The summed E-state index contributed by atoms with van der Waals surface area (Å²) in [4.78, 5) is 35.3. The van der Waals surface area contributed by atoms with Crippen molar-refractivity contribution in [2.45, 2.75) is 26.3 Å². The van der Waals surface area contributed by atoms with Crippen molar-refractivity contribution in [2.24, 2.45) is 0 Å². The Hall–Kier alpha value is -3.35. The molecule has 0 saturated carbocycles. The molecular weight excluding hydrogens is 358 g/mol. The summed E-state index contributed by atoms with van der Waals surface area (Å²) in [7, 11) is 1.53. The maximum atomic E-state index is 12.5. The van der Waals surface area contributed by atoms with Crippen LogP contribution in [0, 0.1) is 6.92 Å². The monoisotopic (exact) mass is 383 g/mol. The number of carbonyl (C=O) groups is 3. The van der Waals surface area contributed by atoms with Crippen LogP contribution < -0.4 is 20.7 Å². The minimum atomic E-state index is -0.425. The Kier molecular flexibility index (Phi) is 7.56. The number of ether oxygens (including phenoxy) is 1. The molecule has 0 radical (unpaired) electrons. The van der Waals surface area contributed by atoms with Crippen LogP contribution in [-0.2, 0) is 14.4 Å². The maximum Gasteiger partial charge on any atom is 0.257 e. The van der Waals surface area contributed by atoms with Gasteiger partial charge in [-0.25, -0.2) is 0 Å². The third-order valence-corrected chi connectivity index (χ3v) is 4.01. The lowest BCUT2D eigenvalue weighted by atomic mass is 10.0. The lowest BCUT2D eigenvalue weighted by Gasteiger charge is -2.18. The van der Waals surface area contributed by atoms with Crippen molar-refractivity contribution in [1.29, 1.82) is 0 Å². The van der Waals surface area contributed by atoms with Crippen molar-refractivity contribution < 1.29 is 19.1 Å². The molecule has 148 valence electrons. The number of likely N-dealkylation sites (N-methyl/N-ethyl adjacent to an activating group) is 1. The molecule has 1 atom stereocenters. The van der Waals surface area contributed by atoms with E-state index in [1.165, 1.54) is 14.0 Å². The van der Waals surface area contributed by atoms with Crippen molar-refractivity contribution in [2.75, 3.05) is 19.0 Å². The highest BCUT2D eigenvalue weighted by Gasteiger charge is 2.17. The van der Waals surface area contributed by atoms with Gasteiger partial charge in [-0.1, -0.05) is 35.9 Å². The van der Waals surface area contributed by atoms with E-state index >= 15 is 0 Å². The SMILES string of the molecule is CNC(=O)COc1cccc(NC(=O)CC(NC(C)=O)c2ccc(C)cc2)c1. The molecule has 28 heavy (non-hydrogen) atoms. The molecule has 0 aliphatic carbocycles. The number of amides is 3. The van der Waals surface area contributed by atoms with Crippen molar-refractivity contribution in [3.63, 3.8) is 0 Å². The molecule has 1 unspecified atom stereocenters. The van der Waals surface area contributed by atoms with E-state index in [1.54, 1.807) is 24.3 Å². The number of nitrogens with one attached hydrogen (secondary N) is 3. The van der Waals surface area contributed by atoms with Gasteiger partial charge in [0.1, 0.15) is 5.75 Å². The van der Waals surface area contributed by atoms with Crippen LogP contribution in [0.2, 0.25) is 0 Å². The molecule has 0 bridgehead atoms. The predicted molar refractivity (Wildman–Crippen MR) is 107 cm³/mol. The largest absolute Gasteiger partial charge is 0.484 e. The Morgan fingerprint density at radius 3 is 2.39 bits per heavy atom. The first-order valence-electron chi connectivity index (χ1n) is 8.94. The van der Waals surface area contributed by atoms with E-state index < -0.39 is 6.04 Å². The van der Waals surface area contributed by atoms with Gasteiger partial charge in [0.25, 0.3) is 5.91 Å². The Balaban J connectivity index is 2.02. The molecule has 2 aromatic rings. The first-order chi connectivity index (χ1) is 13.4. The lowest BCUT2D eigenvalue weighted by molar-refractivity contribution is -0.123. The van der Waals surface area contributed by atoms with Gasteiger partial charge in [0.15, 0.2) is 6.61 Å². The van der Waals surface area contributed by atoms with Gasteiger partial charge in [0, 0.05) is 25.7 Å². The van der Waals surface area contributed by atoms with E-state index in [0.717, 1.165) is 11.1 Å². The second-order valence-corrected chi connectivity index (χ2v) is 6.41. The summed E-state index contributed by atoms with van der Waals surface area (Å²) >= 11 is 0. The van der Waals surface area contributed by atoms with Crippen LogP contribution in [0.25, 0.3) is 0 Å². The molecule has 3 N–H and O–H groups in total. The standard InChI is InChI=1S/C21H25N3O4/c1-14-7-9-16(10-8-14)19(23-15(2)25)12-20(26)24-17-5-4-6-18(11-17)28-13-21(27)22-3/h4-11,19H,12-13H2,1-3H3,(H,22,27)(H,23,25)(H,24,26). The molecule has 0 aromatic heterocycles. The van der Waals surface area contributed by atoms with Crippen LogP contribution in [0.3, 0.4) is 0 Å². The fourth-order valence-corrected chi connectivity index (χ4v) is 2.58. The average molecular weight is 383 g/mol. The summed E-state index contributed by atoms with van der Waals surface area (Å²) in [6, 6.07) is 14.0. The molecule has 2 rings (SSSR count). The fourth-order valence-electron chi connectivity index (χ4n) is 2.58. The fraction of sp³-hybridized carbons (Fsp3) is 0.286.